The standard InChI is InChI=1S/C16H22ClN/c17-15-7-5-14(6-8-15)16(11-18-12-16)10-9-13-3-1-2-4-13/h5-8,13,18H,1-4,9-12H2. The molecule has 0 atom stereocenters. The van der Waals surface area contributed by atoms with Crippen LogP contribution in [0, 0.1) is 5.92 Å². The summed E-state index contributed by atoms with van der Waals surface area (Å²) in [5.74, 6) is 0.995. The smallest absolute Gasteiger partial charge is 0.0406 e. The van der Waals surface area contributed by atoms with Gasteiger partial charge < -0.3 is 5.32 Å². The van der Waals surface area contributed by atoms with Gasteiger partial charge in [0.25, 0.3) is 0 Å². The summed E-state index contributed by atoms with van der Waals surface area (Å²) in [7, 11) is 0. The summed E-state index contributed by atoms with van der Waals surface area (Å²) < 4.78 is 0. The van der Waals surface area contributed by atoms with Gasteiger partial charge in [0.2, 0.25) is 0 Å². The molecule has 1 saturated heterocycles. The van der Waals surface area contributed by atoms with Gasteiger partial charge in [-0.25, -0.2) is 0 Å². The van der Waals surface area contributed by atoms with Crippen LogP contribution in [-0.2, 0) is 5.41 Å². The Morgan fingerprint density at radius 3 is 2.33 bits per heavy atom. The highest BCUT2D eigenvalue weighted by Gasteiger charge is 2.38. The molecule has 0 unspecified atom stereocenters. The zero-order valence-electron chi connectivity index (χ0n) is 10.9. The SMILES string of the molecule is Clc1ccc(C2(CCC3CCCC3)CNC2)cc1. The fourth-order valence-corrected chi connectivity index (χ4v) is 3.66. The number of hydrogen-bond donors (Lipinski definition) is 1. The highest BCUT2D eigenvalue weighted by molar-refractivity contribution is 6.30. The highest BCUT2D eigenvalue weighted by Crippen LogP contribution is 2.38. The molecule has 1 heterocycles. The molecule has 2 heteroatoms. The van der Waals surface area contributed by atoms with E-state index in [2.05, 4.69) is 17.4 Å². The summed E-state index contributed by atoms with van der Waals surface area (Å²) in [5, 5.41) is 4.30. The molecule has 0 amide bonds. The van der Waals surface area contributed by atoms with E-state index in [1.165, 1.54) is 44.1 Å². The molecule has 1 N–H and O–H groups in total. The molecule has 3 rings (SSSR count). The number of benzene rings is 1. The van der Waals surface area contributed by atoms with Crippen LogP contribution in [0.4, 0.5) is 0 Å². The third-order valence-electron chi connectivity index (χ3n) is 4.89. The minimum Gasteiger partial charge on any atom is -0.315 e. The predicted octanol–water partition coefficient (Wildman–Crippen LogP) is 4.15. The van der Waals surface area contributed by atoms with E-state index in [0.717, 1.165) is 24.0 Å². The quantitative estimate of drug-likeness (QED) is 0.861. The lowest BCUT2D eigenvalue weighted by Gasteiger charge is -2.44. The number of halogens is 1. The average Bonchev–Trinajstić information content (AvgIpc) is 2.83. The van der Waals surface area contributed by atoms with Crippen LogP contribution in [0.15, 0.2) is 24.3 Å². The Morgan fingerprint density at radius 2 is 1.78 bits per heavy atom. The molecule has 0 spiro atoms. The van der Waals surface area contributed by atoms with Crippen molar-refractivity contribution in [3.63, 3.8) is 0 Å². The van der Waals surface area contributed by atoms with Gasteiger partial charge in [-0.1, -0.05) is 49.4 Å². The molecule has 0 bridgehead atoms. The van der Waals surface area contributed by atoms with Gasteiger partial charge in [-0.3, -0.25) is 0 Å². The predicted molar refractivity (Wildman–Crippen MR) is 77.2 cm³/mol. The molecular weight excluding hydrogens is 242 g/mol. The summed E-state index contributed by atoms with van der Waals surface area (Å²) in [6.07, 6.45) is 8.58. The molecule has 1 nitrogen and oxygen atoms in total. The summed E-state index contributed by atoms with van der Waals surface area (Å²) in [6, 6.07) is 8.51. The first-order valence-electron chi connectivity index (χ1n) is 7.25. The lowest BCUT2D eigenvalue weighted by Crippen LogP contribution is -2.56. The molecule has 2 fully saturated rings. The maximum atomic E-state index is 5.99. The Hall–Kier alpha value is -0.530. The van der Waals surface area contributed by atoms with Gasteiger partial charge in [0.05, 0.1) is 0 Å². The van der Waals surface area contributed by atoms with Crippen LogP contribution < -0.4 is 5.32 Å². The van der Waals surface area contributed by atoms with Crippen LogP contribution >= 0.6 is 11.6 Å². The zero-order chi connectivity index (χ0) is 12.4. The van der Waals surface area contributed by atoms with Crippen molar-refractivity contribution in [2.45, 2.75) is 43.9 Å². The summed E-state index contributed by atoms with van der Waals surface area (Å²) >= 11 is 5.99. The van der Waals surface area contributed by atoms with Crippen LogP contribution in [0.25, 0.3) is 0 Å². The van der Waals surface area contributed by atoms with Gasteiger partial charge in [-0.05, 0) is 36.5 Å². The fourth-order valence-electron chi connectivity index (χ4n) is 3.53. The van der Waals surface area contributed by atoms with E-state index >= 15 is 0 Å². The summed E-state index contributed by atoms with van der Waals surface area (Å²) in [6.45, 7) is 2.28. The van der Waals surface area contributed by atoms with Gasteiger partial charge in [-0.2, -0.15) is 0 Å². The first kappa shape index (κ1) is 12.5. The Bertz CT molecular complexity index is 388. The molecular formula is C16H22ClN. The van der Waals surface area contributed by atoms with Crippen molar-refractivity contribution in [1.29, 1.82) is 0 Å². The highest BCUT2D eigenvalue weighted by atomic mass is 35.5. The molecule has 1 aromatic carbocycles. The van der Waals surface area contributed by atoms with E-state index in [0.29, 0.717) is 5.41 Å². The Balaban J connectivity index is 1.67. The summed E-state index contributed by atoms with van der Waals surface area (Å²) in [5.41, 5.74) is 1.87. The first-order chi connectivity index (χ1) is 8.78. The van der Waals surface area contributed by atoms with Crippen molar-refractivity contribution < 1.29 is 0 Å². The second-order valence-electron chi connectivity index (χ2n) is 6.08. The van der Waals surface area contributed by atoms with Crippen LogP contribution in [-0.4, -0.2) is 13.1 Å². The summed E-state index contributed by atoms with van der Waals surface area (Å²) in [4.78, 5) is 0. The second-order valence-corrected chi connectivity index (χ2v) is 6.52. The molecule has 2 aliphatic rings. The van der Waals surface area contributed by atoms with E-state index in [1.807, 2.05) is 12.1 Å². The van der Waals surface area contributed by atoms with E-state index in [-0.39, 0.29) is 0 Å². The van der Waals surface area contributed by atoms with Crippen LogP contribution in [0.2, 0.25) is 5.02 Å². The monoisotopic (exact) mass is 263 g/mol. The maximum absolute atomic E-state index is 5.99. The zero-order valence-corrected chi connectivity index (χ0v) is 11.7. The number of nitrogens with one attached hydrogen (secondary N) is 1. The van der Waals surface area contributed by atoms with Crippen molar-refractivity contribution in [3.05, 3.63) is 34.9 Å². The van der Waals surface area contributed by atoms with Crippen molar-refractivity contribution in [2.75, 3.05) is 13.1 Å². The molecule has 1 aliphatic carbocycles. The van der Waals surface area contributed by atoms with Gasteiger partial charge >= 0.3 is 0 Å². The molecule has 1 aromatic rings. The van der Waals surface area contributed by atoms with Crippen molar-refractivity contribution in [2.24, 2.45) is 5.92 Å². The lowest BCUT2D eigenvalue weighted by atomic mass is 9.70. The van der Waals surface area contributed by atoms with Gasteiger partial charge in [0.15, 0.2) is 0 Å². The Labute approximate surface area is 115 Å². The third-order valence-corrected chi connectivity index (χ3v) is 5.14. The van der Waals surface area contributed by atoms with Gasteiger partial charge in [-0.15, -0.1) is 0 Å². The van der Waals surface area contributed by atoms with Crippen LogP contribution in [0.1, 0.15) is 44.1 Å². The minimum absolute atomic E-state index is 0.396. The van der Waals surface area contributed by atoms with Crippen LogP contribution in [0.3, 0.4) is 0 Å². The maximum Gasteiger partial charge on any atom is 0.0406 e. The number of hydrogen-bond acceptors (Lipinski definition) is 1. The topological polar surface area (TPSA) is 12.0 Å². The first-order valence-corrected chi connectivity index (χ1v) is 7.63. The van der Waals surface area contributed by atoms with Gasteiger partial charge in [0.1, 0.15) is 0 Å². The fraction of sp³-hybridized carbons (Fsp3) is 0.625. The van der Waals surface area contributed by atoms with E-state index in [4.69, 9.17) is 11.6 Å². The Morgan fingerprint density at radius 1 is 1.11 bits per heavy atom. The number of rotatable bonds is 4. The minimum atomic E-state index is 0.396. The van der Waals surface area contributed by atoms with E-state index in [1.54, 1.807) is 0 Å². The third kappa shape index (κ3) is 2.44. The molecule has 98 valence electrons. The van der Waals surface area contributed by atoms with Crippen molar-refractivity contribution >= 4 is 11.6 Å². The normalized spacial score (nSPS) is 22.9. The Kier molecular flexibility index (Phi) is 3.63. The van der Waals surface area contributed by atoms with Crippen molar-refractivity contribution in [3.8, 4) is 0 Å². The average molecular weight is 264 g/mol. The van der Waals surface area contributed by atoms with Gasteiger partial charge in [0, 0.05) is 23.5 Å². The molecule has 18 heavy (non-hydrogen) atoms. The molecule has 0 radical (unpaired) electrons. The van der Waals surface area contributed by atoms with E-state index < -0.39 is 0 Å². The molecule has 0 aromatic heterocycles. The van der Waals surface area contributed by atoms with Crippen LogP contribution in [0.5, 0.6) is 0 Å². The second kappa shape index (κ2) is 5.22. The lowest BCUT2D eigenvalue weighted by molar-refractivity contribution is 0.236. The van der Waals surface area contributed by atoms with E-state index in [9.17, 15) is 0 Å². The van der Waals surface area contributed by atoms with Crippen molar-refractivity contribution in [1.82, 2.24) is 5.32 Å². The largest absolute Gasteiger partial charge is 0.315 e. The molecule has 1 saturated carbocycles. The molecule has 1 aliphatic heterocycles.